The van der Waals surface area contributed by atoms with E-state index >= 15 is 0 Å². The van der Waals surface area contributed by atoms with Gasteiger partial charge in [0.1, 0.15) is 6.10 Å². The smallest absolute Gasteiger partial charge is 0.306 e. The standard InChI is InChI=1S/C11H20O2/c1-3-4-5-6-10-9(2)7-8-11(12)13-10/h9-10H,3-8H2,1-2H3/t9-,10-/m0/s1. The maximum atomic E-state index is 11.0. The van der Waals surface area contributed by atoms with Gasteiger partial charge in [0.15, 0.2) is 0 Å². The number of hydrogen-bond donors (Lipinski definition) is 0. The lowest BCUT2D eigenvalue weighted by atomic mass is 9.92. The first-order chi connectivity index (χ1) is 6.24. The van der Waals surface area contributed by atoms with Crippen molar-refractivity contribution < 1.29 is 9.53 Å². The van der Waals surface area contributed by atoms with Crippen molar-refractivity contribution in [3.8, 4) is 0 Å². The molecule has 1 fully saturated rings. The molecule has 0 aromatic carbocycles. The van der Waals surface area contributed by atoms with Crippen LogP contribution in [0, 0.1) is 5.92 Å². The molecule has 1 aliphatic rings. The number of hydrogen-bond acceptors (Lipinski definition) is 2. The quantitative estimate of drug-likeness (QED) is 0.496. The molecule has 1 saturated heterocycles. The fourth-order valence-electron chi connectivity index (χ4n) is 1.81. The van der Waals surface area contributed by atoms with Crippen LogP contribution in [-0.2, 0) is 9.53 Å². The Morgan fingerprint density at radius 2 is 2.23 bits per heavy atom. The van der Waals surface area contributed by atoms with Gasteiger partial charge in [-0.1, -0.05) is 26.7 Å². The van der Waals surface area contributed by atoms with Crippen LogP contribution in [0.2, 0.25) is 0 Å². The molecular formula is C11H20O2. The van der Waals surface area contributed by atoms with Crippen LogP contribution in [0.15, 0.2) is 0 Å². The molecule has 2 heteroatoms. The number of rotatable bonds is 4. The second-order valence-electron chi connectivity index (χ2n) is 4.04. The lowest BCUT2D eigenvalue weighted by Gasteiger charge is -2.28. The molecule has 0 spiro atoms. The van der Waals surface area contributed by atoms with Crippen molar-refractivity contribution in [1.29, 1.82) is 0 Å². The molecule has 1 heterocycles. The summed E-state index contributed by atoms with van der Waals surface area (Å²) in [6, 6.07) is 0. The number of ether oxygens (including phenoxy) is 1. The van der Waals surface area contributed by atoms with Gasteiger partial charge in [0.25, 0.3) is 0 Å². The Morgan fingerprint density at radius 3 is 2.92 bits per heavy atom. The van der Waals surface area contributed by atoms with Gasteiger partial charge in [0.05, 0.1) is 0 Å². The van der Waals surface area contributed by atoms with E-state index in [4.69, 9.17) is 4.74 Å². The van der Waals surface area contributed by atoms with E-state index in [0.717, 1.165) is 12.8 Å². The Morgan fingerprint density at radius 1 is 1.46 bits per heavy atom. The van der Waals surface area contributed by atoms with Gasteiger partial charge in [-0.25, -0.2) is 0 Å². The maximum absolute atomic E-state index is 11.0. The minimum Gasteiger partial charge on any atom is -0.462 e. The lowest BCUT2D eigenvalue weighted by Crippen LogP contribution is -2.30. The predicted molar refractivity (Wildman–Crippen MR) is 52.4 cm³/mol. The molecule has 13 heavy (non-hydrogen) atoms. The molecule has 0 aliphatic carbocycles. The third-order valence-electron chi connectivity index (χ3n) is 2.81. The molecule has 0 bridgehead atoms. The highest BCUT2D eigenvalue weighted by atomic mass is 16.5. The number of cyclic esters (lactones) is 1. The molecule has 0 radical (unpaired) electrons. The van der Waals surface area contributed by atoms with Gasteiger partial charge >= 0.3 is 5.97 Å². The van der Waals surface area contributed by atoms with E-state index < -0.39 is 0 Å². The van der Waals surface area contributed by atoms with E-state index in [2.05, 4.69) is 13.8 Å². The monoisotopic (exact) mass is 184 g/mol. The van der Waals surface area contributed by atoms with Crippen LogP contribution in [0.5, 0.6) is 0 Å². The molecule has 0 aromatic rings. The van der Waals surface area contributed by atoms with E-state index in [0.29, 0.717) is 12.3 Å². The van der Waals surface area contributed by atoms with Crippen molar-refractivity contribution >= 4 is 5.97 Å². The Kier molecular flexibility index (Phi) is 4.26. The van der Waals surface area contributed by atoms with Crippen LogP contribution in [0.1, 0.15) is 52.4 Å². The van der Waals surface area contributed by atoms with Gasteiger partial charge in [0.2, 0.25) is 0 Å². The van der Waals surface area contributed by atoms with E-state index in [9.17, 15) is 4.79 Å². The van der Waals surface area contributed by atoms with Gasteiger partial charge < -0.3 is 4.74 Å². The molecule has 0 N–H and O–H groups in total. The van der Waals surface area contributed by atoms with Gasteiger partial charge in [0, 0.05) is 6.42 Å². The fourth-order valence-corrected chi connectivity index (χ4v) is 1.81. The van der Waals surface area contributed by atoms with Crippen LogP contribution in [-0.4, -0.2) is 12.1 Å². The van der Waals surface area contributed by atoms with Crippen LogP contribution in [0.4, 0.5) is 0 Å². The van der Waals surface area contributed by atoms with Crippen molar-refractivity contribution in [2.45, 2.75) is 58.5 Å². The minimum absolute atomic E-state index is 0.000372. The minimum atomic E-state index is -0.000372. The van der Waals surface area contributed by atoms with Gasteiger partial charge in [-0.15, -0.1) is 0 Å². The first-order valence-electron chi connectivity index (χ1n) is 5.43. The second-order valence-corrected chi connectivity index (χ2v) is 4.04. The maximum Gasteiger partial charge on any atom is 0.306 e. The molecule has 0 saturated carbocycles. The molecule has 1 aliphatic heterocycles. The van der Waals surface area contributed by atoms with Crippen molar-refractivity contribution in [3.63, 3.8) is 0 Å². The second kappa shape index (κ2) is 5.25. The summed E-state index contributed by atoms with van der Waals surface area (Å²) in [6.45, 7) is 4.37. The molecule has 0 aromatic heterocycles. The largest absolute Gasteiger partial charge is 0.462 e. The summed E-state index contributed by atoms with van der Waals surface area (Å²) in [4.78, 5) is 11.0. The fraction of sp³-hybridized carbons (Fsp3) is 0.909. The van der Waals surface area contributed by atoms with E-state index in [1.54, 1.807) is 0 Å². The number of carbonyl (C=O) groups excluding carboxylic acids is 1. The third kappa shape index (κ3) is 3.37. The van der Waals surface area contributed by atoms with Crippen LogP contribution in [0.25, 0.3) is 0 Å². The molecule has 2 nitrogen and oxygen atoms in total. The topological polar surface area (TPSA) is 26.3 Å². The summed E-state index contributed by atoms with van der Waals surface area (Å²) in [6.07, 6.45) is 6.56. The summed E-state index contributed by atoms with van der Waals surface area (Å²) in [5.74, 6) is 0.564. The van der Waals surface area contributed by atoms with Crippen LogP contribution >= 0.6 is 0 Å². The van der Waals surface area contributed by atoms with Crippen LogP contribution < -0.4 is 0 Å². The van der Waals surface area contributed by atoms with Crippen molar-refractivity contribution in [2.24, 2.45) is 5.92 Å². The third-order valence-corrected chi connectivity index (χ3v) is 2.81. The average molecular weight is 184 g/mol. The molecule has 0 amide bonds. The predicted octanol–water partition coefficient (Wildman–Crippen LogP) is 2.91. The highest BCUT2D eigenvalue weighted by Crippen LogP contribution is 2.24. The Bertz CT molecular complexity index is 165. The molecule has 0 unspecified atom stereocenters. The summed E-state index contributed by atoms with van der Waals surface area (Å²) >= 11 is 0. The summed E-state index contributed by atoms with van der Waals surface area (Å²) < 4.78 is 5.31. The van der Waals surface area contributed by atoms with Crippen LogP contribution in [0.3, 0.4) is 0 Å². The molecular weight excluding hydrogens is 164 g/mol. The zero-order chi connectivity index (χ0) is 9.68. The Hall–Kier alpha value is -0.530. The summed E-state index contributed by atoms with van der Waals surface area (Å²) in [5, 5.41) is 0. The first-order valence-corrected chi connectivity index (χ1v) is 5.43. The molecule has 2 atom stereocenters. The lowest BCUT2D eigenvalue weighted by molar-refractivity contribution is -0.158. The van der Waals surface area contributed by atoms with Gasteiger partial charge in [-0.05, 0) is 25.2 Å². The van der Waals surface area contributed by atoms with Gasteiger partial charge in [-0.2, -0.15) is 0 Å². The van der Waals surface area contributed by atoms with Gasteiger partial charge in [-0.3, -0.25) is 4.79 Å². The van der Waals surface area contributed by atoms with Crippen molar-refractivity contribution in [1.82, 2.24) is 0 Å². The van der Waals surface area contributed by atoms with E-state index in [1.807, 2.05) is 0 Å². The van der Waals surface area contributed by atoms with Crippen molar-refractivity contribution in [3.05, 3.63) is 0 Å². The first kappa shape index (κ1) is 10.6. The Labute approximate surface area is 80.7 Å². The zero-order valence-corrected chi connectivity index (χ0v) is 8.71. The van der Waals surface area contributed by atoms with Crippen molar-refractivity contribution in [2.75, 3.05) is 0 Å². The highest BCUT2D eigenvalue weighted by Gasteiger charge is 2.26. The molecule has 1 rings (SSSR count). The van der Waals surface area contributed by atoms with E-state index in [-0.39, 0.29) is 12.1 Å². The van der Waals surface area contributed by atoms with E-state index in [1.165, 1.54) is 19.3 Å². The SMILES string of the molecule is CCCCC[C@@H]1OC(=O)CC[C@@H]1C. The normalized spacial score (nSPS) is 28.6. The number of carbonyl (C=O) groups is 1. The Balaban J connectivity index is 2.25. The summed E-state index contributed by atoms with van der Waals surface area (Å²) in [5.41, 5.74) is 0. The molecule has 76 valence electrons. The highest BCUT2D eigenvalue weighted by molar-refractivity contribution is 5.70. The number of esters is 1. The zero-order valence-electron chi connectivity index (χ0n) is 8.71. The number of unbranched alkanes of at least 4 members (excludes halogenated alkanes) is 2. The summed E-state index contributed by atoms with van der Waals surface area (Å²) in [7, 11) is 0. The average Bonchev–Trinajstić information content (AvgIpc) is 2.11.